The summed E-state index contributed by atoms with van der Waals surface area (Å²) in [6.45, 7) is 3.63. The second-order valence-corrected chi connectivity index (χ2v) is 8.54. The first kappa shape index (κ1) is 18.9. The van der Waals surface area contributed by atoms with Gasteiger partial charge in [-0.3, -0.25) is 4.90 Å². The number of ether oxygens (including phenoxy) is 1. The smallest absolute Gasteiger partial charge is 0.243 e. The predicted octanol–water partition coefficient (Wildman–Crippen LogP) is 2.94. The van der Waals surface area contributed by atoms with E-state index in [1.165, 1.54) is 0 Å². The fraction of sp³-hybridized carbons (Fsp3) is 0.400. The van der Waals surface area contributed by atoms with Crippen LogP contribution < -0.4 is 4.74 Å². The van der Waals surface area contributed by atoms with Gasteiger partial charge in [-0.15, -0.1) is 0 Å². The molecule has 0 bridgehead atoms. The Hall–Kier alpha value is -1.89. The largest absolute Gasteiger partial charge is 0.496 e. The van der Waals surface area contributed by atoms with Gasteiger partial charge in [0.25, 0.3) is 0 Å². The number of rotatable bonds is 5. The van der Waals surface area contributed by atoms with Crippen molar-refractivity contribution in [2.45, 2.75) is 24.3 Å². The molecule has 1 heterocycles. The van der Waals surface area contributed by atoms with Crippen molar-refractivity contribution in [2.75, 3.05) is 33.8 Å². The van der Waals surface area contributed by atoms with Crippen LogP contribution in [0.5, 0.6) is 5.75 Å². The summed E-state index contributed by atoms with van der Waals surface area (Å²) in [5.41, 5.74) is 2.15. The lowest BCUT2D eigenvalue weighted by Gasteiger charge is -2.39. The lowest BCUT2D eigenvalue weighted by atomic mass is 10.0. The van der Waals surface area contributed by atoms with Gasteiger partial charge in [0.1, 0.15) is 5.75 Å². The number of likely N-dealkylation sites (N-methyl/N-ethyl adjacent to an activating group) is 1. The Morgan fingerprint density at radius 1 is 1.08 bits per heavy atom. The summed E-state index contributed by atoms with van der Waals surface area (Å²) in [5, 5.41) is 0. The average Bonchev–Trinajstić information content (AvgIpc) is 2.68. The highest BCUT2D eigenvalue weighted by Crippen LogP contribution is 2.33. The molecule has 5 nitrogen and oxygen atoms in total. The van der Waals surface area contributed by atoms with E-state index >= 15 is 0 Å². The van der Waals surface area contributed by atoms with E-state index in [0.717, 1.165) is 23.3 Å². The number of nitrogens with zero attached hydrogens (tertiary/aromatic N) is 2. The third-order valence-corrected chi connectivity index (χ3v) is 6.96. The molecule has 0 saturated carbocycles. The molecule has 0 radical (unpaired) electrons. The maximum absolute atomic E-state index is 13.1. The van der Waals surface area contributed by atoms with Crippen molar-refractivity contribution in [3.05, 3.63) is 59.7 Å². The lowest BCUT2D eigenvalue weighted by molar-refractivity contribution is 0.146. The van der Waals surface area contributed by atoms with E-state index in [4.69, 9.17) is 4.74 Å². The summed E-state index contributed by atoms with van der Waals surface area (Å²) in [7, 11) is 0.164. The summed E-state index contributed by atoms with van der Waals surface area (Å²) < 4.78 is 33.3. The summed E-state index contributed by atoms with van der Waals surface area (Å²) in [6.07, 6.45) is 0.894. The molecule has 1 aliphatic heterocycles. The molecule has 0 aromatic heterocycles. The van der Waals surface area contributed by atoms with Crippen molar-refractivity contribution >= 4 is 10.0 Å². The van der Waals surface area contributed by atoms with Crippen LogP contribution in [0.4, 0.5) is 0 Å². The van der Waals surface area contributed by atoms with Crippen molar-refractivity contribution in [1.29, 1.82) is 0 Å². The van der Waals surface area contributed by atoms with Crippen molar-refractivity contribution in [1.82, 2.24) is 9.21 Å². The van der Waals surface area contributed by atoms with Crippen LogP contribution in [0.3, 0.4) is 0 Å². The van der Waals surface area contributed by atoms with Crippen molar-refractivity contribution in [3.8, 4) is 5.75 Å². The number of aryl methyl sites for hydroxylation is 1. The second kappa shape index (κ2) is 7.78. The van der Waals surface area contributed by atoms with Crippen molar-refractivity contribution in [3.63, 3.8) is 0 Å². The van der Waals surface area contributed by atoms with Crippen molar-refractivity contribution in [2.24, 2.45) is 0 Å². The van der Waals surface area contributed by atoms with E-state index in [-0.39, 0.29) is 6.04 Å². The Morgan fingerprint density at radius 3 is 2.42 bits per heavy atom. The number of methoxy groups -OCH3 is 1. The minimum absolute atomic E-state index is 0.0374. The molecule has 0 spiro atoms. The number of sulfonamides is 1. The Kier molecular flexibility index (Phi) is 5.65. The van der Waals surface area contributed by atoms with Crippen LogP contribution in [0, 0.1) is 0 Å². The van der Waals surface area contributed by atoms with Gasteiger partial charge in [-0.25, -0.2) is 8.42 Å². The summed E-state index contributed by atoms with van der Waals surface area (Å²) in [4.78, 5) is 2.54. The topological polar surface area (TPSA) is 49.9 Å². The average molecular weight is 375 g/mol. The molecule has 1 fully saturated rings. The SMILES string of the molecule is CCc1ccc(S(=O)(=O)N2CCN(C)C(c3ccccc3OC)C2)cc1. The first-order valence-corrected chi connectivity index (χ1v) is 10.3. The molecule has 140 valence electrons. The van der Waals surface area contributed by atoms with Gasteiger partial charge in [-0.05, 0) is 37.2 Å². The van der Waals surface area contributed by atoms with Crippen LogP contribution in [0.1, 0.15) is 24.1 Å². The number of hydrogen-bond donors (Lipinski definition) is 0. The highest BCUT2D eigenvalue weighted by Gasteiger charge is 2.34. The van der Waals surface area contributed by atoms with Gasteiger partial charge in [0.2, 0.25) is 10.0 Å². The molecule has 6 heteroatoms. The van der Waals surface area contributed by atoms with E-state index < -0.39 is 10.0 Å². The lowest BCUT2D eigenvalue weighted by Crippen LogP contribution is -2.48. The van der Waals surface area contributed by atoms with E-state index in [2.05, 4.69) is 11.8 Å². The fourth-order valence-electron chi connectivity index (χ4n) is 3.39. The van der Waals surface area contributed by atoms with Crippen LogP contribution in [-0.4, -0.2) is 51.4 Å². The molecule has 26 heavy (non-hydrogen) atoms. The molecule has 0 N–H and O–H groups in total. The van der Waals surface area contributed by atoms with E-state index in [1.807, 2.05) is 43.4 Å². The Morgan fingerprint density at radius 2 is 1.77 bits per heavy atom. The van der Waals surface area contributed by atoms with Crippen LogP contribution in [0.2, 0.25) is 0 Å². The van der Waals surface area contributed by atoms with Gasteiger partial charge in [0, 0.05) is 25.2 Å². The molecule has 1 saturated heterocycles. The molecule has 1 unspecified atom stereocenters. The quantitative estimate of drug-likeness (QED) is 0.807. The summed E-state index contributed by atoms with van der Waals surface area (Å²) in [5.74, 6) is 0.788. The van der Waals surface area contributed by atoms with Crippen LogP contribution in [-0.2, 0) is 16.4 Å². The third kappa shape index (κ3) is 3.63. The molecule has 0 aliphatic carbocycles. The zero-order chi connectivity index (χ0) is 18.7. The molecular weight excluding hydrogens is 348 g/mol. The second-order valence-electron chi connectivity index (χ2n) is 6.60. The first-order valence-electron chi connectivity index (χ1n) is 8.89. The van der Waals surface area contributed by atoms with Gasteiger partial charge in [0.05, 0.1) is 18.0 Å². The summed E-state index contributed by atoms with van der Waals surface area (Å²) >= 11 is 0. The minimum Gasteiger partial charge on any atom is -0.496 e. The van der Waals surface area contributed by atoms with Crippen LogP contribution in [0.25, 0.3) is 0 Å². The van der Waals surface area contributed by atoms with E-state index in [0.29, 0.717) is 24.5 Å². The first-order chi connectivity index (χ1) is 12.5. The highest BCUT2D eigenvalue weighted by molar-refractivity contribution is 7.89. The van der Waals surface area contributed by atoms with Gasteiger partial charge < -0.3 is 4.74 Å². The van der Waals surface area contributed by atoms with E-state index in [9.17, 15) is 8.42 Å². The number of hydrogen-bond acceptors (Lipinski definition) is 4. The minimum atomic E-state index is -3.51. The molecule has 2 aromatic rings. The van der Waals surface area contributed by atoms with Crippen LogP contribution in [0.15, 0.2) is 53.4 Å². The van der Waals surface area contributed by atoms with E-state index in [1.54, 1.807) is 23.5 Å². The molecule has 2 aromatic carbocycles. The van der Waals surface area contributed by atoms with Gasteiger partial charge in [-0.2, -0.15) is 4.31 Å². The Labute approximate surface area is 156 Å². The van der Waals surface area contributed by atoms with Crippen LogP contribution >= 0.6 is 0 Å². The molecule has 0 amide bonds. The molecular formula is C20H26N2O3S. The number of piperazine rings is 1. The maximum atomic E-state index is 13.1. The monoisotopic (exact) mass is 374 g/mol. The van der Waals surface area contributed by atoms with Gasteiger partial charge in [-0.1, -0.05) is 37.3 Å². The zero-order valence-corrected chi connectivity index (χ0v) is 16.4. The fourth-order valence-corrected chi connectivity index (χ4v) is 4.83. The molecule has 1 aliphatic rings. The normalized spacial score (nSPS) is 19.4. The van der Waals surface area contributed by atoms with Crippen molar-refractivity contribution < 1.29 is 13.2 Å². The number of benzene rings is 2. The van der Waals surface area contributed by atoms with Gasteiger partial charge in [0.15, 0.2) is 0 Å². The zero-order valence-electron chi connectivity index (χ0n) is 15.6. The molecule has 3 rings (SSSR count). The summed E-state index contributed by atoms with van der Waals surface area (Å²) in [6, 6.07) is 15.0. The Balaban J connectivity index is 1.89. The Bertz CT molecular complexity index is 850. The molecule has 1 atom stereocenters. The third-order valence-electron chi connectivity index (χ3n) is 5.08. The number of para-hydroxylation sites is 1. The van der Waals surface area contributed by atoms with Gasteiger partial charge >= 0.3 is 0 Å². The standard InChI is InChI=1S/C20H26N2O3S/c1-4-16-9-11-17(12-10-16)26(23,24)22-14-13-21(2)19(15-22)18-7-5-6-8-20(18)25-3/h5-12,19H,4,13-15H2,1-3H3. The predicted molar refractivity (Wildman–Crippen MR) is 103 cm³/mol. The maximum Gasteiger partial charge on any atom is 0.243 e. The highest BCUT2D eigenvalue weighted by atomic mass is 32.2.